The maximum Gasteiger partial charge on any atom is 0.342 e. The predicted molar refractivity (Wildman–Crippen MR) is 56.3 cm³/mol. The van der Waals surface area contributed by atoms with Gasteiger partial charge in [-0.2, -0.15) is 0 Å². The normalized spacial score (nSPS) is 10.3. The standard InChI is InChI=1S/C9H10N4O3/c1-5-2-3-6(16-5)4-10-7-8(14)11-9(15)13-12-7/h2-3H,4H2,1H3,(H,10,12)(H2,11,13,14,15). The second kappa shape index (κ2) is 4.05. The molecule has 16 heavy (non-hydrogen) atoms. The van der Waals surface area contributed by atoms with Crippen molar-refractivity contribution in [1.29, 1.82) is 0 Å². The van der Waals surface area contributed by atoms with Crippen LogP contribution in [-0.2, 0) is 6.54 Å². The number of aryl methyl sites for hydroxylation is 1. The van der Waals surface area contributed by atoms with Crippen molar-refractivity contribution in [3.63, 3.8) is 0 Å². The summed E-state index contributed by atoms with van der Waals surface area (Å²) in [6.45, 7) is 2.16. The second-order valence-electron chi connectivity index (χ2n) is 3.22. The third-order valence-corrected chi connectivity index (χ3v) is 1.94. The third-order valence-electron chi connectivity index (χ3n) is 1.94. The van der Waals surface area contributed by atoms with Crippen molar-refractivity contribution >= 4 is 5.82 Å². The fraction of sp³-hybridized carbons (Fsp3) is 0.222. The Bertz CT molecular complexity index is 595. The summed E-state index contributed by atoms with van der Waals surface area (Å²) in [7, 11) is 0. The minimum atomic E-state index is -0.635. The Morgan fingerprint density at radius 2 is 2.25 bits per heavy atom. The summed E-state index contributed by atoms with van der Waals surface area (Å²) < 4.78 is 5.29. The number of aromatic nitrogens is 3. The molecule has 7 heteroatoms. The average Bonchev–Trinajstić information content (AvgIpc) is 2.63. The minimum Gasteiger partial charge on any atom is -0.465 e. The quantitative estimate of drug-likeness (QED) is 0.676. The lowest BCUT2D eigenvalue weighted by molar-refractivity contribution is 0.490. The maximum absolute atomic E-state index is 11.2. The summed E-state index contributed by atoms with van der Waals surface area (Å²) in [5, 5.41) is 8.44. The molecule has 0 aromatic carbocycles. The van der Waals surface area contributed by atoms with Crippen LogP contribution in [0, 0.1) is 6.92 Å². The van der Waals surface area contributed by atoms with Gasteiger partial charge in [-0.3, -0.25) is 9.78 Å². The predicted octanol–water partition coefficient (Wildman–Crippen LogP) is -0.0283. The molecule has 0 bridgehead atoms. The molecular weight excluding hydrogens is 212 g/mol. The Balaban J connectivity index is 2.10. The van der Waals surface area contributed by atoms with Gasteiger partial charge in [0, 0.05) is 0 Å². The summed E-state index contributed by atoms with van der Waals surface area (Å²) in [5.74, 6) is 1.53. The molecule has 2 rings (SSSR count). The second-order valence-corrected chi connectivity index (χ2v) is 3.22. The molecule has 3 N–H and O–H groups in total. The van der Waals surface area contributed by atoms with Crippen LogP contribution in [0.15, 0.2) is 26.1 Å². The van der Waals surface area contributed by atoms with Crippen LogP contribution < -0.4 is 16.6 Å². The molecule has 0 saturated carbocycles. The van der Waals surface area contributed by atoms with E-state index in [9.17, 15) is 9.59 Å². The number of furan rings is 1. The average molecular weight is 222 g/mol. The Kier molecular flexibility index (Phi) is 2.59. The van der Waals surface area contributed by atoms with Gasteiger partial charge in [-0.1, -0.05) is 0 Å². The lowest BCUT2D eigenvalue weighted by Crippen LogP contribution is -2.26. The van der Waals surface area contributed by atoms with Crippen molar-refractivity contribution in [3.8, 4) is 0 Å². The van der Waals surface area contributed by atoms with Gasteiger partial charge in [0.15, 0.2) is 0 Å². The maximum atomic E-state index is 11.2. The van der Waals surface area contributed by atoms with E-state index in [-0.39, 0.29) is 5.82 Å². The molecule has 0 spiro atoms. The van der Waals surface area contributed by atoms with E-state index < -0.39 is 11.2 Å². The summed E-state index contributed by atoms with van der Waals surface area (Å²) in [5.41, 5.74) is -1.20. The zero-order chi connectivity index (χ0) is 11.5. The third kappa shape index (κ3) is 2.19. The Morgan fingerprint density at radius 3 is 2.88 bits per heavy atom. The molecule has 0 aliphatic heterocycles. The molecule has 0 saturated heterocycles. The van der Waals surface area contributed by atoms with E-state index in [0.717, 1.165) is 5.76 Å². The van der Waals surface area contributed by atoms with E-state index in [1.54, 1.807) is 6.07 Å². The highest BCUT2D eigenvalue weighted by atomic mass is 16.3. The highest BCUT2D eigenvalue weighted by Crippen LogP contribution is 2.06. The van der Waals surface area contributed by atoms with Gasteiger partial charge in [0.25, 0.3) is 5.56 Å². The molecule has 2 heterocycles. The van der Waals surface area contributed by atoms with Gasteiger partial charge in [0.2, 0.25) is 5.82 Å². The number of nitrogens with one attached hydrogen (secondary N) is 3. The molecule has 0 radical (unpaired) electrons. The lowest BCUT2D eigenvalue weighted by Gasteiger charge is -2.00. The molecule has 2 aromatic heterocycles. The van der Waals surface area contributed by atoms with E-state index in [1.807, 2.05) is 13.0 Å². The topological polar surface area (TPSA) is 104 Å². The Hall–Kier alpha value is -2.31. The first-order valence-corrected chi connectivity index (χ1v) is 4.63. The smallest absolute Gasteiger partial charge is 0.342 e. The van der Waals surface area contributed by atoms with E-state index >= 15 is 0 Å². The molecular formula is C9H10N4O3. The number of hydrogen-bond acceptors (Lipinski definition) is 5. The largest absolute Gasteiger partial charge is 0.465 e. The van der Waals surface area contributed by atoms with Crippen LogP contribution >= 0.6 is 0 Å². The van der Waals surface area contributed by atoms with Crippen molar-refractivity contribution in [3.05, 3.63) is 44.5 Å². The molecule has 84 valence electrons. The van der Waals surface area contributed by atoms with E-state index in [1.165, 1.54) is 0 Å². The van der Waals surface area contributed by atoms with Crippen LogP contribution in [0.4, 0.5) is 5.82 Å². The number of anilines is 1. The number of hydrogen-bond donors (Lipinski definition) is 3. The number of aromatic amines is 2. The van der Waals surface area contributed by atoms with E-state index in [4.69, 9.17) is 4.42 Å². The zero-order valence-electron chi connectivity index (χ0n) is 8.53. The van der Waals surface area contributed by atoms with Crippen molar-refractivity contribution in [2.24, 2.45) is 0 Å². The fourth-order valence-electron chi connectivity index (χ4n) is 1.22. The van der Waals surface area contributed by atoms with Crippen molar-refractivity contribution in [1.82, 2.24) is 15.2 Å². The van der Waals surface area contributed by atoms with Gasteiger partial charge in [-0.15, -0.1) is 5.10 Å². The highest BCUT2D eigenvalue weighted by molar-refractivity contribution is 5.29. The minimum absolute atomic E-state index is 0.0497. The zero-order valence-corrected chi connectivity index (χ0v) is 8.53. The van der Waals surface area contributed by atoms with E-state index in [2.05, 4.69) is 20.5 Å². The molecule has 0 aliphatic rings. The summed E-state index contributed by atoms with van der Waals surface area (Å²) >= 11 is 0. The molecule has 7 nitrogen and oxygen atoms in total. The fourth-order valence-corrected chi connectivity index (χ4v) is 1.22. The molecule has 2 aromatic rings. The lowest BCUT2D eigenvalue weighted by atomic mass is 10.4. The molecule has 0 unspecified atom stereocenters. The first-order valence-electron chi connectivity index (χ1n) is 4.63. The van der Waals surface area contributed by atoms with Crippen LogP contribution in [0.1, 0.15) is 11.5 Å². The number of nitrogens with zero attached hydrogens (tertiary/aromatic N) is 1. The molecule has 0 amide bonds. The van der Waals surface area contributed by atoms with Crippen molar-refractivity contribution in [2.75, 3.05) is 5.32 Å². The first kappa shape index (κ1) is 10.2. The van der Waals surface area contributed by atoms with Crippen molar-refractivity contribution in [2.45, 2.75) is 13.5 Å². The Morgan fingerprint density at radius 1 is 1.44 bits per heavy atom. The van der Waals surface area contributed by atoms with E-state index in [0.29, 0.717) is 12.3 Å². The van der Waals surface area contributed by atoms with Gasteiger partial charge in [0.05, 0.1) is 6.54 Å². The summed E-state index contributed by atoms with van der Waals surface area (Å²) in [4.78, 5) is 24.0. The number of H-pyrrole nitrogens is 2. The van der Waals surface area contributed by atoms with Crippen molar-refractivity contribution < 1.29 is 4.42 Å². The molecule has 0 fully saturated rings. The monoisotopic (exact) mass is 222 g/mol. The van der Waals surface area contributed by atoms with Crippen LogP contribution in [0.3, 0.4) is 0 Å². The van der Waals surface area contributed by atoms with Gasteiger partial charge in [-0.05, 0) is 19.1 Å². The van der Waals surface area contributed by atoms with Crippen LogP contribution in [0.25, 0.3) is 0 Å². The van der Waals surface area contributed by atoms with Gasteiger partial charge >= 0.3 is 5.69 Å². The summed E-state index contributed by atoms with van der Waals surface area (Å²) in [6, 6.07) is 3.61. The van der Waals surface area contributed by atoms with Crippen LogP contribution in [0.2, 0.25) is 0 Å². The molecule has 0 atom stereocenters. The highest BCUT2D eigenvalue weighted by Gasteiger charge is 2.03. The van der Waals surface area contributed by atoms with Gasteiger partial charge in [0.1, 0.15) is 11.5 Å². The Labute approximate surface area is 89.5 Å². The SMILES string of the molecule is Cc1ccc(CNc2n[nH]c(=O)[nH]c2=O)o1. The van der Waals surface area contributed by atoms with Gasteiger partial charge in [-0.25, -0.2) is 9.89 Å². The first-order chi connectivity index (χ1) is 7.65. The summed E-state index contributed by atoms with van der Waals surface area (Å²) in [6.07, 6.45) is 0. The van der Waals surface area contributed by atoms with Gasteiger partial charge < -0.3 is 9.73 Å². The molecule has 0 aliphatic carbocycles. The van der Waals surface area contributed by atoms with Crippen LogP contribution in [0.5, 0.6) is 0 Å². The number of rotatable bonds is 3. The van der Waals surface area contributed by atoms with Crippen LogP contribution in [-0.4, -0.2) is 15.2 Å².